The average Bonchev–Trinajstić information content (AvgIpc) is 2.36. The number of hydrogen-bond acceptors (Lipinski definition) is 31. The molecule has 0 fully saturated rings. The van der Waals surface area contributed by atoms with Crippen LogP contribution in [0.25, 0.3) is 0 Å². The second-order valence-electron chi connectivity index (χ2n) is 5.03. The van der Waals surface area contributed by atoms with Crippen LogP contribution in [-0.2, 0) is 71.5 Å². The van der Waals surface area contributed by atoms with Gasteiger partial charge in [0, 0.05) is 0 Å². The molecule has 0 atom stereocenters. The van der Waals surface area contributed by atoms with E-state index in [2.05, 4.69) is 25.9 Å². The van der Waals surface area contributed by atoms with Crippen LogP contribution >= 0.6 is 78.2 Å². The van der Waals surface area contributed by atoms with Gasteiger partial charge >= 0.3 is 94.6 Å². The molecule has 0 aliphatic carbocycles. The molecule has 0 aliphatic heterocycles. The molecule has 3 N–H and O–H groups in total. The van der Waals surface area contributed by atoms with E-state index in [4.69, 9.17) is 19.2 Å². The van der Waals surface area contributed by atoms with E-state index < -0.39 is 78.2 Å². The van der Waals surface area contributed by atoms with Crippen LogP contribution in [0, 0.1) is 0 Å². The van der Waals surface area contributed by atoms with Gasteiger partial charge in [-0.25, -0.2) is 4.57 Å². The van der Waals surface area contributed by atoms with Crippen molar-refractivity contribution >= 4 is 165 Å². The van der Waals surface area contributed by atoms with Crippen molar-refractivity contribution in [2.45, 2.75) is 0 Å². The Labute approximate surface area is 322 Å². The van der Waals surface area contributed by atoms with Crippen molar-refractivity contribution in [1.29, 1.82) is 0 Å². The predicted octanol–water partition coefficient (Wildman–Crippen LogP) is -14.4. The maximum Gasteiger partial charge on any atom is 3.00 e. The van der Waals surface area contributed by atoms with Gasteiger partial charge < -0.3 is 115 Å². The minimum absolute atomic E-state index is 0. The maximum atomic E-state index is 10.1. The van der Waals surface area contributed by atoms with E-state index in [1.807, 2.05) is 0 Å². The van der Waals surface area contributed by atoms with Gasteiger partial charge in [-0.3, -0.25) is 39.6 Å². The molecule has 0 aliphatic rings. The molecule has 0 saturated heterocycles. The molecule has 49 heavy (non-hydrogen) atoms. The van der Waals surface area contributed by atoms with Crippen LogP contribution in [-0.4, -0.2) is 101 Å². The van der Waals surface area contributed by atoms with Crippen molar-refractivity contribution in [1.82, 2.24) is 0 Å². The maximum absolute atomic E-state index is 10.1. The zero-order chi connectivity index (χ0) is 37.2. The molecule has 0 rings (SSSR count). The second kappa shape index (κ2) is 27.6. The van der Waals surface area contributed by atoms with Crippen molar-refractivity contribution in [2.75, 3.05) is 0 Å². The van der Waals surface area contributed by atoms with Crippen LogP contribution < -0.4 is 73.4 Å². The van der Waals surface area contributed by atoms with Crippen molar-refractivity contribution in [3.8, 4) is 0 Å². The quantitative estimate of drug-likeness (QED) is 0.121. The summed E-state index contributed by atoms with van der Waals surface area (Å²) in [6, 6.07) is 0. The number of phosphoric acid groups is 10. The standard InChI is InChI=1S/5Al.3H5O10P3.H3O4P/c;;;;;3*1-11(2,3)9-13(7,8)10-12(4,5)6;1-5(2,3)4/h;;;;;3*(H,7,8)(H2,1,2,3)(H2,4,5,6);(H3,1,2,3,4)/q5*+3;;;;/p-15. The van der Waals surface area contributed by atoms with E-state index >= 15 is 0 Å². The molecule has 34 nitrogen and oxygen atoms in total. The fourth-order valence-corrected chi connectivity index (χ4v) is 7.82. The summed E-state index contributed by atoms with van der Waals surface area (Å²) >= 11 is 0. The van der Waals surface area contributed by atoms with E-state index in [9.17, 15) is 114 Å². The smallest absolute Gasteiger partial charge is 0.790 e. The summed E-state index contributed by atoms with van der Waals surface area (Å²) in [6.07, 6.45) is 0. The Morgan fingerprint density at radius 3 is 0.367 bits per heavy atom. The van der Waals surface area contributed by atoms with Gasteiger partial charge in [0.05, 0.1) is 46.9 Å². The van der Waals surface area contributed by atoms with Gasteiger partial charge in [0.1, 0.15) is 0 Å². The van der Waals surface area contributed by atoms with Gasteiger partial charge in [-0.15, -0.1) is 0 Å². The van der Waals surface area contributed by atoms with Crippen LogP contribution in [0.5, 0.6) is 0 Å². The molecule has 0 aromatic heterocycles. The third kappa shape index (κ3) is 81.3. The third-order valence-electron chi connectivity index (χ3n) is 1.20. The van der Waals surface area contributed by atoms with Gasteiger partial charge in [-0.2, -0.15) is 0 Å². The average molecular weight is 992 g/mol. The summed E-state index contributed by atoms with van der Waals surface area (Å²) in [5, 5.41) is 0. The zero-order valence-corrected chi connectivity index (χ0v) is 36.1. The molecule has 0 unspecified atom stereocenters. The molecule has 272 valence electrons. The predicted molar refractivity (Wildman–Crippen MR) is 118 cm³/mol. The molecule has 49 heteroatoms. The van der Waals surface area contributed by atoms with E-state index in [0.29, 0.717) is 0 Å². The topological polar surface area (TPSA) is 633 Å². The summed E-state index contributed by atoms with van der Waals surface area (Å²) in [6.45, 7) is 0. The molecular weight excluding hydrogens is 989 g/mol. The molecule has 0 aromatic rings. The second-order valence-corrected chi connectivity index (χ2v) is 18.0. The first-order valence-corrected chi connectivity index (χ1v) is 22.1. The Bertz CT molecular complexity index is 1140. The largest absolute Gasteiger partial charge is 3.00 e. The van der Waals surface area contributed by atoms with Crippen molar-refractivity contribution in [3.05, 3.63) is 0 Å². The molecule has 0 amide bonds. The third-order valence-corrected chi connectivity index (χ3v) is 10.8. The van der Waals surface area contributed by atoms with E-state index in [1.165, 1.54) is 0 Å². The molecule has 0 aromatic carbocycles. The summed E-state index contributed by atoms with van der Waals surface area (Å²) in [5.74, 6) is 0. The molecule has 0 bridgehead atoms. The van der Waals surface area contributed by atoms with Crippen molar-refractivity contribution in [2.24, 2.45) is 0 Å². The Morgan fingerprint density at radius 1 is 0.265 bits per heavy atom. The summed E-state index contributed by atoms with van der Waals surface area (Å²) in [7, 11) is -58.4. The normalized spacial score (nSPS) is 12.8. The molecule has 0 spiro atoms. The van der Waals surface area contributed by atoms with Gasteiger partial charge in [0.25, 0.3) is 23.5 Å². The molecular formula is H3Al5O34P10. The van der Waals surface area contributed by atoms with Crippen molar-refractivity contribution < 1.29 is 160 Å². The first kappa shape index (κ1) is 74.0. The summed E-state index contributed by atoms with van der Waals surface area (Å²) in [4.78, 5) is 168. The van der Waals surface area contributed by atoms with Gasteiger partial charge in [-0.1, -0.05) is 0 Å². The fourth-order valence-electron chi connectivity index (χ4n) is 0.780. The molecule has 0 heterocycles. The zero-order valence-electron chi connectivity index (χ0n) is 21.4. The van der Waals surface area contributed by atoms with Gasteiger partial charge in [-0.05, 0) is 0 Å². The summed E-state index contributed by atoms with van der Waals surface area (Å²) in [5.41, 5.74) is 0. The van der Waals surface area contributed by atoms with E-state index in [-0.39, 0.29) is 86.8 Å². The van der Waals surface area contributed by atoms with Gasteiger partial charge in [0.2, 0.25) is 0 Å². The first-order valence-electron chi connectivity index (χ1n) is 7.36. The number of hydrogen-bond donors (Lipinski definition) is 3. The van der Waals surface area contributed by atoms with Crippen LogP contribution in [0.15, 0.2) is 0 Å². The van der Waals surface area contributed by atoms with E-state index in [0.717, 1.165) is 0 Å². The van der Waals surface area contributed by atoms with Gasteiger partial charge in [0.15, 0.2) is 0 Å². The first-order chi connectivity index (χ1) is 18.2. The van der Waals surface area contributed by atoms with Crippen LogP contribution in [0.2, 0.25) is 0 Å². The minimum atomic E-state index is -5.97. The van der Waals surface area contributed by atoms with Crippen LogP contribution in [0.3, 0.4) is 0 Å². The Kier molecular flexibility index (Phi) is 41.7. The van der Waals surface area contributed by atoms with Crippen LogP contribution in [0.4, 0.5) is 0 Å². The van der Waals surface area contributed by atoms with Crippen LogP contribution in [0.1, 0.15) is 0 Å². The molecule has 0 radical (unpaired) electrons. The van der Waals surface area contributed by atoms with Crippen molar-refractivity contribution in [3.63, 3.8) is 0 Å². The Balaban J connectivity index is -0.0000000623. The fraction of sp³-hybridized carbons (Fsp3) is 0. The monoisotopic (exact) mass is 991 g/mol. The molecule has 0 saturated carbocycles. The Morgan fingerprint density at radius 2 is 0.327 bits per heavy atom. The number of rotatable bonds is 12. The Hall–Kier alpha value is 4.00. The minimum Gasteiger partial charge on any atom is -0.790 e. The SMILES string of the molecule is O=P(O)(O)O.O=P([O-])([O-])OP(=O)([O-])OP(=O)([O-])[O-].O=P([O-])([O-])OP(=O)([O-])OP(=O)([O-])[O-].O=P([O-])([O-])OP(=O)([O-])OP(=O)([O-])[O-].[Al+3].[Al+3].[Al+3].[Al+3].[Al+3]. The van der Waals surface area contributed by atoms with E-state index in [1.54, 1.807) is 0 Å². The summed E-state index contributed by atoms with van der Waals surface area (Å²) < 4.78 is 113.